The van der Waals surface area contributed by atoms with Gasteiger partial charge in [-0.3, -0.25) is 14.9 Å². The van der Waals surface area contributed by atoms with Crippen molar-refractivity contribution in [3.63, 3.8) is 0 Å². The van der Waals surface area contributed by atoms with Crippen LogP contribution in [-0.4, -0.2) is 23.3 Å². The number of aromatic nitrogens is 1. The lowest BCUT2D eigenvalue weighted by Gasteiger charge is -2.21. The van der Waals surface area contributed by atoms with Crippen LogP contribution in [0.1, 0.15) is 28.7 Å². The molecule has 2 heterocycles. The number of nitrogens with zero attached hydrogens (tertiary/aromatic N) is 2. The van der Waals surface area contributed by atoms with Crippen molar-refractivity contribution >= 4 is 44.7 Å². The number of thiazole rings is 1. The molecule has 0 unspecified atom stereocenters. The van der Waals surface area contributed by atoms with E-state index in [1.807, 2.05) is 49.4 Å². The highest BCUT2D eigenvalue weighted by atomic mass is 32.1. The molecule has 6 nitrogen and oxygen atoms in total. The average Bonchev–Trinajstić information content (AvgIpc) is 3.37. The largest absolute Gasteiger partial charge is 0.469 e. The van der Waals surface area contributed by atoms with Crippen molar-refractivity contribution in [2.45, 2.75) is 20.3 Å². The average molecular weight is 420 g/mol. The number of carbonyl (C=O) groups excluding carboxylic acids is 2. The second kappa shape index (κ2) is 8.51. The molecule has 0 bridgehead atoms. The predicted molar refractivity (Wildman–Crippen MR) is 119 cm³/mol. The fourth-order valence-electron chi connectivity index (χ4n) is 3.33. The summed E-state index contributed by atoms with van der Waals surface area (Å²) >= 11 is 1.30. The van der Waals surface area contributed by atoms with Gasteiger partial charge >= 0.3 is 0 Å². The molecule has 2 aromatic heterocycles. The third-order valence-electron chi connectivity index (χ3n) is 4.87. The number of benzene rings is 2. The summed E-state index contributed by atoms with van der Waals surface area (Å²) in [5, 5.41) is 7.24. The van der Waals surface area contributed by atoms with E-state index in [1.54, 1.807) is 23.3 Å². The zero-order valence-electron chi connectivity index (χ0n) is 16.7. The van der Waals surface area contributed by atoms with Crippen molar-refractivity contribution in [2.75, 3.05) is 16.8 Å². The van der Waals surface area contributed by atoms with Crippen LogP contribution in [0.25, 0.3) is 10.8 Å². The number of anilines is 2. The fourth-order valence-corrected chi connectivity index (χ4v) is 4.03. The van der Waals surface area contributed by atoms with Gasteiger partial charge in [0.2, 0.25) is 5.91 Å². The smallest absolute Gasteiger partial charge is 0.260 e. The van der Waals surface area contributed by atoms with Crippen molar-refractivity contribution in [1.29, 1.82) is 0 Å². The zero-order valence-corrected chi connectivity index (χ0v) is 17.5. The summed E-state index contributed by atoms with van der Waals surface area (Å²) in [6.07, 6.45) is 1.64. The van der Waals surface area contributed by atoms with Gasteiger partial charge in [0.05, 0.1) is 23.9 Å². The van der Waals surface area contributed by atoms with E-state index in [1.165, 1.54) is 17.6 Å². The van der Waals surface area contributed by atoms with E-state index in [4.69, 9.17) is 4.42 Å². The first-order valence-electron chi connectivity index (χ1n) is 9.64. The monoisotopic (exact) mass is 419 g/mol. The highest BCUT2D eigenvalue weighted by Crippen LogP contribution is 2.24. The number of carbonyl (C=O) groups is 2. The van der Waals surface area contributed by atoms with Crippen LogP contribution in [0.5, 0.6) is 0 Å². The van der Waals surface area contributed by atoms with E-state index in [0.717, 1.165) is 16.5 Å². The van der Waals surface area contributed by atoms with Gasteiger partial charge in [-0.2, -0.15) is 0 Å². The van der Waals surface area contributed by atoms with Crippen LogP contribution in [0.15, 0.2) is 64.6 Å². The molecule has 0 aliphatic heterocycles. The Labute approximate surface area is 178 Å². The van der Waals surface area contributed by atoms with Crippen molar-refractivity contribution in [1.82, 2.24) is 4.98 Å². The molecule has 0 atom stereocenters. The molecular weight excluding hydrogens is 398 g/mol. The van der Waals surface area contributed by atoms with Crippen molar-refractivity contribution in [2.24, 2.45) is 0 Å². The Kier molecular flexibility index (Phi) is 5.63. The predicted octanol–water partition coefficient (Wildman–Crippen LogP) is 5.05. The van der Waals surface area contributed by atoms with Gasteiger partial charge in [-0.25, -0.2) is 4.98 Å². The molecule has 0 saturated carbocycles. The molecular formula is C23H21N3O3S. The molecule has 0 spiro atoms. The Morgan fingerprint density at radius 3 is 2.67 bits per heavy atom. The van der Waals surface area contributed by atoms with Crippen LogP contribution in [-0.2, 0) is 11.2 Å². The van der Waals surface area contributed by atoms with Gasteiger partial charge in [0.1, 0.15) is 5.76 Å². The number of hydrogen-bond donors (Lipinski definition) is 1. The number of fused-ring (bicyclic) bond motifs is 1. The summed E-state index contributed by atoms with van der Waals surface area (Å²) in [4.78, 5) is 31.4. The summed E-state index contributed by atoms with van der Waals surface area (Å²) in [6.45, 7) is 4.24. The van der Waals surface area contributed by atoms with Gasteiger partial charge in [0.25, 0.3) is 5.91 Å². The molecule has 1 N–H and O–H groups in total. The number of furan rings is 1. The van der Waals surface area contributed by atoms with Crippen molar-refractivity contribution in [3.8, 4) is 0 Å². The second-order valence-electron chi connectivity index (χ2n) is 6.83. The van der Waals surface area contributed by atoms with Crippen molar-refractivity contribution in [3.05, 3.63) is 77.2 Å². The maximum absolute atomic E-state index is 12.9. The third-order valence-corrected chi connectivity index (χ3v) is 5.68. The summed E-state index contributed by atoms with van der Waals surface area (Å²) in [7, 11) is 0. The topological polar surface area (TPSA) is 75.4 Å². The van der Waals surface area contributed by atoms with Gasteiger partial charge in [-0.1, -0.05) is 30.3 Å². The number of likely N-dealkylation sites (N-methyl/N-ethyl adjacent to an activating group) is 1. The molecule has 0 aliphatic rings. The van der Waals surface area contributed by atoms with Crippen LogP contribution < -0.4 is 10.2 Å². The Bertz CT molecular complexity index is 1210. The second-order valence-corrected chi connectivity index (χ2v) is 7.69. The highest BCUT2D eigenvalue weighted by molar-refractivity contribution is 7.14. The number of rotatable bonds is 6. The minimum atomic E-state index is -0.278. The zero-order chi connectivity index (χ0) is 21.1. The maximum atomic E-state index is 12.9. The lowest BCUT2D eigenvalue weighted by atomic mass is 10.1. The van der Waals surface area contributed by atoms with E-state index in [-0.39, 0.29) is 18.2 Å². The molecule has 4 aromatic rings. The highest BCUT2D eigenvalue weighted by Gasteiger charge is 2.18. The van der Waals surface area contributed by atoms with Crippen LogP contribution in [0.4, 0.5) is 10.8 Å². The Morgan fingerprint density at radius 2 is 1.93 bits per heavy atom. The summed E-state index contributed by atoms with van der Waals surface area (Å²) in [5.74, 6) is 0.231. The number of aryl methyl sites for hydroxylation is 1. The molecule has 4 rings (SSSR count). The maximum Gasteiger partial charge on any atom is 0.260 e. The third kappa shape index (κ3) is 4.11. The van der Waals surface area contributed by atoms with E-state index in [9.17, 15) is 9.59 Å². The molecule has 0 saturated heterocycles. The van der Waals surface area contributed by atoms with E-state index >= 15 is 0 Å². The minimum absolute atomic E-state index is 0.0402. The fraction of sp³-hybridized carbons (Fsp3) is 0.174. The normalized spacial score (nSPS) is 10.9. The molecule has 152 valence electrons. The standard InChI is InChI=1S/C23H21N3O3S/c1-3-26(19-9-8-16-6-4-5-7-17(16)12-19)21(27)13-18-14-30-23(24-18)25-22(28)20-10-11-29-15(20)2/h4-12,14H,3,13H2,1-2H3,(H,24,25,28). The molecule has 2 aromatic carbocycles. The van der Waals surface area contributed by atoms with Gasteiger partial charge in [-0.15, -0.1) is 11.3 Å². The Balaban J connectivity index is 1.46. The van der Waals surface area contributed by atoms with Gasteiger partial charge in [0, 0.05) is 17.6 Å². The Morgan fingerprint density at radius 1 is 1.13 bits per heavy atom. The quantitative estimate of drug-likeness (QED) is 0.475. The van der Waals surface area contributed by atoms with Gasteiger partial charge in [-0.05, 0) is 42.8 Å². The van der Waals surface area contributed by atoms with Crippen LogP contribution in [0, 0.1) is 6.92 Å². The van der Waals surface area contributed by atoms with E-state index in [0.29, 0.717) is 28.7 Å². The number of hydrogen-bond acceptors (Lipinski definition) is 5. The van der Waals surface area contributed by atoms with Gasteiger partial charge in [0.15, 0.2) is 5.13 Å². The summed E-state index contributed by atoms with van der Waals surface area (Å²) < 4.78 is 5.16. The van der Waals surface area contributed by atoms with Crippen LogP contribution in [0.2, 0.25) is 0 Å². The molecule has 0 radical (unpaired) electrons. The first kappa shape index (κ1) is 19.8. The number of nitrogens with one attached hydrogen (secondary N) is 1. The first-order valence-corrected chi connectivity index (χ1v) is 10.5. The number of amides is 2. The van der Waals surface area contributed by atoms with Gasteiger partial charge < -0.3 is 9.32 Å². The minimum Gasteiger partial charge on any atom is -0.469 e. The molecule has 7 heteroatoms. The lowest BCUT2D eigenvalue weighted by Crippen LogP contribution is -2.32. The molecule has 0 fully saturated rings. The van der Waals surface area contributed by atoms with E-state index < -0.39 is 0 Å². The van der Waals surface area contributed by atoms with Crippen LogP contribution in [0.3, 0.4) is 0 Å². The van der Waals surface area contributed by atoms with E-state index in [2.05, 4.69) is 10.3 Å². The SMILES string of the molecule is CCN(C(=O)Cc1csc(NC(=O)c2ccoc2C)n1)c1ccc2ccccc2c1. The lowest BCUT2D eigenvalue weighted by molar-refractivity contribution is -0.118. The molecule has 2 amide bonds. The molecule has 30 heavy (non-hydrogen) atoms. The summed E-state index contributed by atoms with van der Waals surface area (Å²) in [6, 6.07) is 15.7. The van der Waals surface area contributed by atoms with Crippen molar-refractivity contribution < 1.29 is 14.0 Å². The molecule has 0 aliphatic carbocycles. The first-order chi connectivity index (χ1) is 14.5. The Hall–Kier alpha value is -3.45. The van der Waals surface area contributed by atoms with Crippen LogP contribution >= 0.6 is 11.3 Å². The summed E-state index contributed by atoms with van der Waals surface area (Å²) in [5.41, 5.74) is 1.96.